The van der Waals surface area contributed by atoms with Gasteiger partial charge in [-0.25, -0.2) is 4.79 Å². The third-order valence-corrected chi connectivity index (χ3v) is 3.01. The molecule has 0 aliphatic carbocycles. The molecule has 0 aliphatic rings. The van der Waals surface area contributed by atoms with Gasteiger partial charge in [0.2, 0.25) is 0 Å². The topological polar surface area (TPSA) is 61.8 Å². The number of ether oxygens (including phenoxy) is 3. The van der Waals surface area contributed by atoms with Gasteiger partial charge in [-0.05, 0) is 37.6 Å². The molecule has 0 spiro atoms. The van der Waals surface area contributed by atoms with Crippen molar-refractivity contribution in [1.29, 1.82) is 0 Å². The molecular weight excluding hydrogens is 284 g/mol. The van der Waals surface area contributed by atoms with Crippen LogP contribution in [0.25, 0.3) is 0 Å². The largest absolute Gasteiger partial charge is 0.490 e. The molecular formula is C17H24O5. The summed E-state index contributed by atoms with van der Waals surface area (Å²) in [5.41, 5.74) is 0.479. The molecule has 0 aromatic heterocycles. The first kappa shape index (κ1) is 18.0. The van der Waals surface area contributed by atoms with Gasteiger partial charge in [0, 0.05) is 0 Å². The Morgan fingerprint density at radius 3 is 2.23 bits per heavy atom. The molecule has 0 aliphatic heterocycles. The Labute approximate surface area is 131 Å². The van der Waals surface area contributed by atoms with Gasteiger partial charge in [-0.1, -0.05) is 20.8 Å². The Balaban J connectivity index is 2.52. The highest BCUT2D eigenvalue weighted by Gasteiger charge is 2.16. The minimum Gasteiger partial charge on any atom is -0.490 e. The van der Waals surface area contributed by atoms with Gasteiger partial charge in [0.15, 0.2) is 0 Å². The number of hydrogen-bond donors (Lipinski definition) is 0. The monoisotopic (exact) mass is 308 g/mol. The van der Waals surface area contributed by atoms with Crippen LogP contribution < -0.4 is 4.74 Å². The number of carbonyl (C=O) groups is 2. The second-order valence-corrected chi connectivity index (χ2v) is 5.18. The fourth-order valence-electron chi connectivity index (χ4n) is 1.63. The van der Waals surface area contributed by atoms with E-state index in [1.807, 2.05) is 6.92 Å². The molecule has 5 heteroatoms. The minimum absolute atomic E-state index is 0.155. The van der Waals surface area contributed by atoms with Crippen LogP contribution >= 0.6 is 0 Å². The van der Waals surface area contributed by atoms with E-state index in [9.17, 15) is 9.59 Å². The average molecular weight is 308 g/mol. The summed E-state index contributed by atoms with van der Waals surface area (Å²) in [6, 6.07) is 6.69. The van der Waals surface area contributed by atoms with E-state index in [1.165, 1.54) is 0 Å². The molecule has 0 N–H and O–H groups in total. The van der Waals surface area contributed by atoms with Crippen molar-refractivity contribution in [2.45, 2.75) is 40.2 Å². The first-order chi connectivity index (χ1) is 10.5. The molecule has 122 valence electrons. The Kier molecular flexibility index (Phi) is 7.43. The summed E-state index contributed by atoms with van der Waals surface area (Å²) in [4.78, 5) is 23.1. The zero-order valence-electron chi connectivity index (χ0n) is 13.6. The SMILES string of the molecule is CCOC(=O)c1ccc(OCC(CC)OC(=O)C(C)C)cc1. The van der Waals surface area contributed by atoms with Crippen LogP contribution in [0.2, 0.25) is 0 Å². The van der Waals surface area contributed by atoms with Crippen molar-refractivity contribution in [2.24, 2.45) is 5.92 Å². The fourth-order valence-corrected chi connectivity index (χ4v) is 1.63. The van der Waals surface area contributed by atoms with Gasteiger partial charge < -0.3 is 14.2 Å². The predicted octanol–water partition coefficient (Wildman–Crippen LogP) is 3.22. The molecule has 1 atom stereocenters. The predicted molar refractivity (Wildman–Crippen MR) is 82.9 cm³/mol. The van der Waals surface area contributed by atoms with E-state index in [0.29, 0.717) is 24.3 Å². The van der Waals surface area contributed by atoms with Crippen LogP contribution in [0.1, 0.15) is 44.5 Å². The summed E-state index contributed by atoms with van der Waals surface area (Å²) >= 11 is 0. The molecule has 0 saturated carbocycles. The Hall–Kier alpha value is -2.04. The van der Waals surface area contributed by atoms with Crippen LogP contribution in [-0.4, -0.2) is 31.3 Å². The van der Waals surface area contributed by atoms with Crippen molar-refractivity contribution in [2.75, 3.05) is 13.2 Å². The number of esters is 2. The van der Waals surface area contributed by atoms with E-state index in [-0.39, 0.29) is 30.6 Å². The fraction of sp³-hybridized carbons (Fsp3) is 0.529. The third-order valence-electron chi connectivity index (χ3n) is 3.01. The number of benzene rings is 1. The van der Waals surface area contributed by atoms with Crippen LogP contribution in [0.15, 0.2) is 24.3 Å². The van der Waals surface area contributed by atoms with Crippen LogP contribution in [0, 0.1) is 5.92 Å². The molecule has 22 heavy (non-hydrogen) atoms. The van der Waals surface area contributed by atoms with Gasteiger partial charge in [-0.3, -0.25) is 4.79 Å². The molecule has 5 nitrogen and oxygen atoms in total. The normalized spacial score (nSPS) is 11.9. The number of hydrogen-bond acceptors (Lipinski definition) is 5. The minimum atomic E-state index is -0.355. The molecule has 0 radical (unpaired) electrons. The van der Waals surface area contributed by atoms with Crippen molar-refractivity contribution >= 4 is 11.9 Å². The van der Waals surface area contributed by atoms with Crippen molar-refractivity contribution in [3.05, 3.63) is 29.8 Å². The maximum atomic E-state index is 11.6. The van der Waals surface area contributed by atoms with Crippen LogP contribution in [-0.2, 0) is 14.3 Å². The molecule has 1 aromatic carbocycles. The van der Waals surface area contributed by atoms with Crippen LogP contribution in [0.3, 0.4) is 0 Å². The van der Waals surface area contributed by atoms with Crippen molar-refractivity contribution < 1.29 is 23.8 Å². The number of carbonyl (C=O) groups excluding carboxylic acids is 2. The van der Waals surface area contributed by atoms with Gasteiger partial charge in [-0.15, -0.1) is 0 Å². The molecule has 0 heterocycles. The Bertz CT molecular complexity index is 478. The maximum Gasteiger partial charge on any atom is 0.338 e. The van der Waals surface area contributed by atoms with E-state index in [2.05, 4.69) is 0 Å². The second-order valence-electron chi connectivity index (χ2n) is 5.18. The van der Waals surface area contributed by atoms with Gasteiger partial charge in [0.25, 0.3) is 0 Å². The highest BCUT2D eigenvalue weighted by Crippen LogP contribution is 2.14. The zero-order valence-corrected chi connectivity index (χ0v) is 13.6. The highest BCUT2D eigenvalue weighted by atomic mass is 16.6. The van der Waals surface area contributed by atoms with E-state index in [0.717, 1.165) is 0 Å². The maximum absolute atomic E-state index is 11.6. The van der Waals surface area contributed by atoms with Crippen molar-refractivity contribution in [3.63, 3.8) is 0 Å². The van der Waals surface area contributed by atoms with E-state index in [1.54, 1.807) is 45.0 Å². The summed E-state index contributed by atoms with van der Waals surface area (Å²) in [7, 11) is 0. The molecule has 0 fully saturated rings. The molecule has 1 unspecified atom stereocenters. The third kappa shape index (κ3) is 5.76. The molecule has 0 bridgehead atoms. The average Bonchev–Trinajstić information content (AvgIpc) is 2.51. The smallest absolute Gasteiger partial charge is 0.338 e. The second kappa shape index (κ2) is 9.07. The lowest BCUT2D eigenvalue weighted by atomic mass is 10.2. The summed E-state index contributed by atoms with van der Waals surface area (Å²) in [6.45, 7) is 7.92. The standard InChI is InChI=1S/C17H24O5/c1-5-14(22-16(18)12(3)4)11-21-15-9-7-13(8-10-15)17(19)20-6-2/h7-10,12,14H,5-6,11H2,1-4H3. The van der Waals surface area contributed by atoms with Gasteiger partial charge in [0.05, 0.1) is 18.1 Å². The summed E-state index contributed by atoms with van der Waals surface area (Å²) in [6.07, 6.45) is 0.402. The Morgan fingerprint density at radius 2 is 1.73 bits per heavy atom. The summed E-state index contributed by atoms with van der Waals surface area (Å²) in [5, 5.41) is 0. The van der Waals surface area contributed by atoms with Crippen molar-refractivity contribution in [3.8, 4) is 5.75 Å². The lowest BCUT2D eigenvalue weighted by Crippen LogP contribution is -2.26. The lowest BCUT2D eigenvalue weighted by molar-refractivity contribution is -0.154. The first-order valence-corrected chi connectivity index (χ1v) is 7.58. The summed E-state index contributed by atoms with van der Waals surface area (Å²) in [5.74, 6) is -0.121. The quantitative estimate of drug-likeness (QED) is 0.690. The highest BCUT2D eigenvalue weighted by molar-refractivity contribution is 5.89. The first-order valence-electron chi connectivity index (χ1n) is 7.58. The number of rotatable bonds is 8. The van der Waals surface area contributed by atoms with Gasteiger partial charge in [-0.2, -0.15) is 0 Å². The molecule has 0 amide bonds. The van der Waals surface area contributed by atoms with E-state index >= 15 is 0 Å². The van der Waals surface area contributed by atoms with Crippen LogP contribution in [0.5, 0.6) is 5.75 Å². The van der Waals surface area contributed by atoms with E-state index < -0.39 is 0 Å². The molecule has 1 aromatic rings. The van der Waals surface area contributed by atoms with Gasteiger partial charge in [0.1, 0.15) is 18.5 Å². The summed E-state index contributed by atoms with van der Waals surface area (Å²) < 4.78 is 15.9. The van der Waals surface area contributed by atoms with Crippen LogP contribution in [0.4, 0.5) is 0 Å². The van der Waals surface area contributed by atoms with E-state index in [4.69, 9.17) is 14.2 Å². The Morgan fingerprint density at radius 1 is 1.09 bits per heavy atom. The zero-order chi connectivity index (χ0) is 16.5. The van der Waals surface area contributed by atoms with Gasteiger partial charge >= 0.3 is 11.9 Å². The molecule has 0 saturated heterocycles. The van der Waals surface area contributed by atoms with Crippen molar-refractivity contribution in [1.82, 2.24) is 0 Å². The lowest BCUT2D eigenvalue weighted by Gasteiger charge is -2.18. The molecule has 1 rings (SSSR count).